The smallest absolute Gasteiger partial charge is 0.226 e. The number of nitrogens with one attached hydrogen (secondary N) is 2. The third-order valence-corrected chi connectivity index (χ3v) is 5.60. The van der Waals surface area contributed by atoms with E-state index in [1.807, 2.05) is 74.5 Å². The van der Waals surface area contributed by atoms with Gasteiger partial charge in [-0.2, -0.15) is 0 Å². The van der Waals surface area contributed by atoms with Crippen molar-refractivity contribution in [2.45, 2.75) is 27.0 Å². The van der Waals surface area contributed by atoms with Crippen molar-refractivity contribution in [3.63, 3.8) is 0 Å². The normalized spacial score (nSPS) is 10.7. The molecule has 0 radical (unpaired) electrons. The monoisotopic (exact) mass is 516 g/mol. The van der Waals surface area contributed by atoms with Crippen LogP contribution in [-0.4, -0.2) is 13.0 Å². The predicted molar refractivity (Wildman–Crippen MR) is 134 cm³/mol. The number of halogens is 2. The zero-order valence-corrected chi connectivity index (χ0v) is 20.6. The van der Waals surface area contributed by atoms with Crippen LogP contribution in [0, 0.1) is 5.92 Å². The van der Waals surface area contributed by atoms with Crippen molar-refractivity contribution in [1.29, 1.82) is 0 Å². The highest BCUT2D eigenvalue weighted by molar-refractivity contribution is 9.10. The van der Waals surface area contributed by atoms with Crippen LogP contribution in [-0.2, 0) is 17.9 Å². The Kier molecular flexibility index (Phi) is 8.42. The van der Waals surface area contributed by atoms with E-state index in [1.54, 1.807) is 7.11 Å². The molecule has 0 atom stereocenters. The molecular weight excluding hydrogens is 492 g/mol. The van der Waals surface area contributed by atoms with E-state index < -0.39 is 0 Å². The van der Waals surface area contributed by atoms with Crippen LogP contribution >= 0.6 is 27.5 Å². The molecule has 32 heavy (non-hydrogen) atoms. The molecule has 0 aliphatic heterocycles. The number of benzene rings is 3. The molecule has 0 spiro atoms. The van der Waals surface area contributed by atoms with Gasteiger partial charge in [-0.05, 0) is 75.6 Å². The van der Waals surface area contributed by atoms with E-state index >= 15 is 0 Å². The predicted octanol–water partition coefficient (Wildman–Crippen LogP) is 6.90. The number of hydrogen-bond acceptors (Lipinski definition) is 4. The largest absolute Gasteiger partial charge is 0.493 e. The van der Waals surface area contributed by atoms with Gasteiger partial charge < -0.3 is 20.1 Å². The van der Waals surface area contributed by atoms with Crippen molar-refractivity contribution in [1.82, 2.24) is 0 Å². The molecule has 168 valence electrons. The second-order valence-corrected chi connectivity index (χ2v) is 8.89. The van der Waals surface area contributed by atoms with Crippen LogP contribution in [0.4, 0.5) is 11.4 Å². The van der Waals surface area contributed by atoms with E-state index in [4.69, 9.17) is 21.1 Å². The zero-order chi connectivity index (χ0) is 23.1. The van der Waals surface area contributed by atoms with Crippen LogP contribution in [0.15, 0.2) is 65.1 Å². The number of ether oxygens (including phenoxy) is 2. The molecule has 3 aromatic rings. The second-order valence-electron chi connectivity index (χ2n) is 7.60. The van der Waals surface area contributed by atoms with Crippen molar-refractivity contribution in [2.75, 3.05) is 17.7 Å². The molecule has 0 heterocycles. The number of rotatable bonds is 9. The summed E-state index contributed by atoms with van der Waals surface area (Å²) in [6.45, 7) is 4.74. The van der Waals surface area contributed by atoms with E-state index in [0.717, 1.165) is 27.0 Å². The van der Waals surface area contributed by atoms with Gasteiger partial charge >= 0.3 is 0 Å². The number of methoxy groups -OCH3 is 1. The molecule has 7 heteroatoms. The first-order chi connectivity index (χ1) is 15.4. The van der Waals surface area contributed by atoms with E-state index in [1.165, 1.54) is 0 Å². The molecule has 0 aromatic heterocycles. The Labute approximate surface area is 202 Å². The average molecular weight is 518 g/mol. The summed E-state index contributed by atoms with van der Waals surface area (Å²) in [7, 11) is 1.62. The maximum atomic E-state index is 11.8. The van der Waals surface area contributed by atoms with Crippen LogP contribution in [0.2, 0.25) is 5.02 Å². The molecule has 0 aliphatic rings. The Bertz CT molecular complexity index is 1050. The molecule has 0 fully saturated rings. The molecule has 0 unspecified atom stereocenters. The first kappa shape index (κ1) is 24.0. The van der Waals surface area contributed by atoms with E-state index in [0.29, 0.717) is 29.7 Å². The molecule has 0 saturated carbocycles. The molecule has 0 bridgehead atoms. The highest BCUT2D eigenvalue weighted by Crippen LogP contribution is 2.37. The van der Waals surface area contributed by atoms with Crippen LogP contribution in [0.25, 0.3) is 0 Å². The van der Waals surface area contributed by atoms with Gasteiger partial charge in [0.25, 0.3) is 0 Å². The van der Waals surface area contributed by atoms with Gasteiger partial charge in [0, 0.05) is 28.9 Å². The quantitative estimate of drug-likeness (QED) is 0.324. The molecule has 3 aromatic carbocycles. The molecule has 2 N–H and O–H groups in total. The van der Waals surface area contributed by atoms with Gasteiger partial charge in [-0.3, -0.25) is 4.79 Å². The third kappa shape index (κ3) is 6.65. The minimum absolute atomic E-state index is 0.000950. The zero-order valence-electron chi connectivity index (χ0n) is 18.2. The van der Waals surface area contributed by atoms with Crippen molar-refractivity contribution in [3.8, 4) is 11.5 Å². The average Bonchev–Trinajstić information content (AvgIpc) is 2.78. The van der Waals surface area contributed by atoms with E-state index in [9.17, 15) is 4.79 Å². The summed E-state index contributed by atoms with van der Waals surface area (Å²) >= 11 is 9.54. The second kappa shape index (κ2) is 11.2. The van der Waals surface area contributed by atoms with Gasteiger partial charge in [-0.15, -0.1) is 0 Å². The van der Waals surface area contributed by atoms with Gasteiger partial charge in [-0.1, -0.05) is 37.6 Å². The van der Waals surface area contributed by atoms with Crippen LogP contribution in [0.5, 0.6) is 11.5 Å². The summed E-state index contributed by atoms with van der Waals surface area (Å²) in [6, 6.07) is 19.1. The number of carbonyl (C=O) groups excluding carboxylic acids is 1. The van der Waals surface area contributed by atoms with Gasteiger partial charge in [0.1, 0.15) is 6.61 Å². The van der Waals surface area contributed by atoms with Crippen molar-refractivity contribution in [2.24, 2.45) is 5.92 Å². The van der Waals surface area contributed by atoms with Crippen molar-refractivity contribution in [3.05, 3.63) is 81.3 Å². The van der Waals surface area contributed by atoms with Gasteiger partial charge in [0.05, 0.1) is 11.6 Å². The fourth-order valence-electron chi connectivity index (χ4n) is 2.91. The van der Waals surface area contributed by atoms with E-state index in [2.05, 4.69) is 26.6 Å². The molecule has 3 rings (SSSR count). The molecule has 1 amide bonds. The van der Waals surface area contributed by atoms with Gasteiger partial charge in [-0.25, -0.2) is 0 Å². The first-order valence-electron chi connectivity index (χ1n) is 10.2. The Morgan fingerprint density at radius 1 is 1.00 bits per heavy atom. The van der Waals surface area contributed by atoms with Gasteiger partial charge in [0.2, 0.25) is 5.91 Å². The fourth-order valence-corrected chi connectivity index (χ4v) is 3.64. The minimum Gasteiger partial charge on any atom is -0.493 e. The standard InChI is InChI=1S/C25H26BrClN2O3/c1-16(2)25(30)29-21-10-8-20(9-11-21)28-14-18-12-22(26)24(23(13-18)31-3)32-15-17-4-6-19(27)7-5-17/h4-13,16,28H,14-15H2,1-3H3,(H,29,30). The highest BCUT2D eigenvalue weighted by atomic mass is 79.9. The summed E-state index contributed by atoms with van der Waals surface area (Å²) in [4.78, 5) is 11.8. The Hall–Kier alpha value is -2.70. The summed E-state index contributed by atoms with van der Waals surface area (Å²) in [5, 5.41) is 6.96. The Morgan fingerprint density at radius 3 is 2.28 bits per heavy atom. The van der Waals surface area contributed by atoms with Crippen molar-refractivity contribution >= 4 is 44.8 Å². The number of anilines is 2. The highest BCUT2D eigenvalue weighted by Gasteiger charge is 2.12. The lowest BCUT2D eigenvalue weighted by Crippen LogP contribution is -2.17. The topological polar surface area (TPSA) is 59.6 Å². The Morgan fingerprint density at radius 2 is 1.66 bits per heavy atom. The molecule has 5 nitrogen and oxygen atoms in total. The summed E-state index contributed by atoms with van der Waals surface area (Å²) in [6.07, 6.45) is 0. The Balaban J connectivity index is 1.62. The maximum Gasteiger partial charge on any atom is 0.226 e. The molecular formula is C25H26BrClN2O3. The summed E-state index contributed by atoms with van der Waals surface area (Å²) in [5.74, 6) is 1.24. The lowest BCUT2D eigenvalue weighted by molar-refractivity contribution is -0.118. The van der Waals surface area contributed by atoms with Crippen molar-refractivity contribution < 1.29 is 14.3 Å². The van der Waals surface area contributed by atoms with Gasteiger partial charge in [0.15, 0.2) is 11.5 Å². The van der Waals surface area contributed by atoms with Crippen LogP contribution in [0.1, 0.15) is 25.0 Å². The lowest BCUT2D eigenvalue weighted by atomic mass is 10.2. The number of carbonyl (C=O) groups is 1. The lowest BCUT2D eigenvalue weighted by Gasteiger charge is -2.15. The number of hydrogen-bond donors (Lipinski definition) is 2. The third-order valence-electron chi connectivity index (χ3n) is 4.76. The van der Waals surface area contributed by atoms with Crippen LogP contribution < -0.4 is 20.1 Å². The minimum atomic E-state index is -0.0561. The maximum absolute atomic E-state index is 11.8. The van der Waals surface area contributed by atoms with E-state index in [-0.39, 0.29) is 11.8 Å². The molecule has 0 aliphatic carbocycles. The summed E-state index contributed by atoms with van der Waals surface area (Å²) < 4.78 is 12.4. The number of amides is 1. The SMILES string of the molecule is COc1cc(CNc2ccc(NC(=O)C(C)C)cc2)cc(Br)c1OCc1ccc(Cl)cc1. The molecule has 0 saturated heterocycles. The fraction of sp³-hybridized carbons (Fsp3) is 0.240. The first-order valence-corrected chi connectivity index (χ1v) is 11.4. The summed E-state index contributed by atoms with van der Waals surface area (Å²) in [5.41, 5.74) is 3.78. The van der Waals surface area contributed by atoms with Crippen LogP contribution in [0.3, 0.4) is 0 Å².